The molecule has 0 saturated carbocycles. The Morgan fingerprint density at radius 1 is 1.31 bits per heavy atom. The van der Waals surface area contributed by atoms with Gasteiger partial charge in [-0.2, -0.15) is 5.26 Å². The number of nitrogens with zero attached hydrogens (tertiary/aromatic N) is 2. The lowest BCUT2D eigenvalue weighted by molar-refractivity contribution is -0.112. The minimum absolute atomic E-state index is 0.00882. The quantitative estimate of drug-likeness (QED) is 0.563. The molecular formula is C24H26FN3O. The predicted octanol–water partition coefficient (Wildman–Crippen LogP) is 5.40. The van der Waals surface area contributed by atoms with Crippen molar-refractivity contribution >= 4 is 23.4 Å². The first-order chi connectivity index (χ1) is 13.6. The molecule has 150 valence electrons. The fraction of sp³-hybridized carbons (Fsp3) is 0.333. The monoisotopic (exact) mass is 391 g/mol. The Morgan fingerprint density at radius 2 is 1.97 bits per heavy atom. The van der Waals surface area contributed by atoms with Crippen molar-refractivity contribution in [1.29, 1.82) is 5.26 Å². The second-order valence-electron chi connectivity index (χ2n) is 8.38. The summed E-state index contributed by atoms with van der Waals surface area (Å²) >= 11 is 0. The van der Waals surface area contributed by atoms with E-state index >= 15 is 0 Å². The third-order valence-electron chi connectivity index (χ3n) is 5.79. The van der Waals surface area contributed by atoms with Crippen LogP contribution in [0.25, 0.3) is 6.08 Å². The molecule has 3 rings (SSSR count). The van der Waals surface area contributed by atoms with Gasteiger partial charge in [-0.05, 0) is 92.3 Å². The normalized spacial score (nSPS) is 18.0. The van der Waals surface area contributed by atoms with Crippen LogP contribution in [0.2, 0.25) is 0 Å². The number of halogens is 1. The van der Waals surface area contributed by atoms with Crippen LogP contribution in [0.1, 0.15) is 49.8 Å². The van der Waals surface area contributed by atoms with Crippen LogP contribution < -0.4 is 10.2 Å². The van der Waals surface area contributed by atoms with Crippen LogP contribution in [-0.2, 0) is 4.79 Å². The average Bonchev–Trinajstić information content (AvgIpc) is 2.66. The van der Waals surface area contributed by atoms with Gasteiger partial charge in [-0.1, -0.05) is 6.92 Å². The number of nitrogens with one attached hydrogen (secondary N) is 1. The highest BCUT2D eigenvalue weighted by Crippen LogP contribution is 2.43. The summed E-state index contributed by atoms with van der Waals surface area (Å²) in [5.41, 5.74) is 4.80. The lowest BCUT2D eigenvalue weighted by atomic mass is 9.79. The number of nitriles is 1. The number of amides is 1. The SMILES string of the molecule is Cc1cc2c(cc1/C=C(/C#N)C(=O)Nc1ccc(F)cc1)[C@@H](C)CC(C)(C)N2C. The Kier molecular flexibility index (Phi) is 5.48. The Balaban J connectivity index is 1.94. The first-order valence-corrected chi connectivity index (χ1v) is 9.69. The number of carbonyl (C=O) groups is 1. The van der Waals surface area contributed by atoms with E-state index in [0.717, 1.165) is 17.5 Å². The number of rotatable bonds is 3. The Bertz CT molecular complexity index is 1020. The molecule has 2 aromatic carbocycles. The van der Waals surface area contributed by atoms with E-state index in [2.05, 4.69) is 50.2 Å². The highest BCUT2D eigenvalue weighted by molar-refractivity contribution is 6.09. The molecule has 1 heterocycles. The van der Waals surface area contributed by atoms with Gasteiger partial charge in [-0.3, -0.25) is 4.79 Å². The molecule has 1 aliphatic heterocycles. The maximum Gasteiger partial charge on any atom is 0.266 e. The average molecular weight is 391 g/mol. The van der Waals surface area contributed by atoms with Gasteiger partial charge >= 0.3 is 0 Å². The molecule has 0 aromatic heterocycles. The zero-order chi connectivity index (χ0) is 21.3. The van der Waals surface area contributed by atoms with E-state index in [4.69, 9.17) is 0 Å². The van der Waals surface area contributed by atoms with Gasteiger partial charge in [-0.25, -0.2) is 4.39 Å². The number of fused-ring (bicyclic) bond motifs is 1. The van der Waals surface area contributed by atoms with Gasteiger partial charge in [0.25, 0.3) is 5.91 Å². The third-order valence-corrected chi connectivity index (χ3v) is 5.79. The maximum atomic E-state index is 13.0. The number of aryl methyl sites for hydroxylation is 1. The van der Waals surface area contributed by atoms with Gasteiger partial charge in [0.15, 0.2) is 0 Å². The second-order valence-corrected chi connectivity index (χ2v) is 8.38. The summed E-state index contributed by atoms with van der Waals surface area (Å²) in [6.45, 7) is 8.67. The Morgan fingerprint density at radius 3 is 2.59 bits per heavy atom. The molecule has 29 heavy (non-hydrogen) atoms. The van der Waals surface area contributed by atoms with Crippen molar-refractivity contribution in [1.82, 2.24) is 0 Å². The van der Waals surface area contributed by atoms with Crippen LogP contribution in [0.15, 0.2) is 42.0 Å². The zero-order valence-corrected chi connectivity index (χ0v) is 17.5. The second kappa shape index (κ2) is 7.71. The molecule has 0 radical (unpaired) electrons. The van der Waals surface area contributed by atoms with E-state index in [1.54, 1.807) is 6.08 Å². The van der Waals surface area contributed by atoms with Crippen LogP contribution in [0.5, 0.6) is 0 Å². The Labute approximate surface area is 171 Å². The van der Waals surface area contributed by atoms with Gasteiger partial charge in [0, 0.05) is 24.0 Å². The van der Waals surface area contributed by atoms with E-state index in [-0.39, 0.29) is 16.9 Å². The summed E-state index contributed by atoms with van der Waals surface area (Å²) in [7, 11) is 2.11. The molecule has 0 aliphatic carbocycles. The predicted molar refractivity (Wildman–Crippen MR) is 115 cm³/mol. The molecule has 1 amide bonds. The van der Waals surface area contributed by atoms with E-state index in [9.17, 15) is 14.4 Å². The summed E-state index contributed by atoms with van der Waals surface area (Å²) in [4.78, 5) is 14.8. The third kappa shape index (κ3) is 4.17. The summed E-state index contributed by atoms with van der Waals surface area (Å²) in [5.74, 6) is -0.518. The van der Waals surface area contributed by atoms with Crippen LogP contribution >= 0.6 is 0 Å². The molecule has 5 heteroatoms. The number of hydrogen-bond acceptors (Lipinski definition) is 3. The highest BCUT2D eigenvalue weighted by Gasteiger charge is 2.34. The van der Waals surface area contributed by atoms with E-state index in [0.29, 0.717) is 11.6 Å². The molecule has 0 unspecified atom stereocenters. The van der Waals surface area contributed by atoms with Crippen LogP contribution in [0.4, 0.5) is 15.8 Å². The number of anilines is 2. The first-order valence-electron chi connectivity index (χ1n) is 9.69. The van der Waals surface area contributed by atoms with Crippen LogP contribution in [0, 0.1) is 24.1 Å². The number of benzene rings is 2. The molecule has 1 atom stereocenters. The molecule has 0 saturated heterocycles. The fourth-order valence-corrected chi connectivity index (χ4v) is 3.93. The van der Waals surface area contributed by atoms with Crippen molar-refractivity contribution in [2.24, 2.45) is 0 Å². The molecule has 4 nitrogen and oxygen atoms in total. The highest BCUT2D eigenvalue weighted by atomic mass is 19.1. The van der Waals surface area contributed by atoms with Gasteiger partial charge in [0.1, 0.15) is 17.5 Å². The van der Waals surface area contributed by atoms with Crippen molar-refractivity contribution < 1.29 is 9.18 Å². The van der Waals surface area contributed by atoms with Crippen molar-refractivity contribution in [3.63, 3.8) is 0 Å². The van der Waals surface area contributed by atoms with Crippen molar-refractivity contribution in [2.75, 3.05) is 17.3 Å². The molecule has 0 spiro atoms. The Hall–Kier alpha value is -3.13. The maximum absolute atomic E-state index is 13.0. The number of hydrogen-bond donors (Lipinski definition) is 1. The molecule has 2 aromatic rings. The number of carbonyl (C=O) groups excluding carboxylic acids is 1. The summed E-state index contributed by atoms with van der Waals surface area (Å²) in [6.07, 6.45) is 2.65. The van der Waals surface area contributed by atoms with Crippen molar-refractivity contribution in [3.8, 4) is 6.07 Å². The summed E-state index contributed by atoms with van der Waals surface area (Å²) in [6, 6.07) is 11.7. The molecule has 1 aliphatic rings. The molecule has 0 fully saturated rings. The smallest absolute Gasteiger partial charge is 0.266 e. The fourth-order valence-electron chi connectivity index (χ4n) is 3.93. The minimum Gasteiger partial charge on any atom is -0.369 e. The van der Waals surface area contributed by atoms with Gasteiger partial charge in [-0.15, -0.1) is 0 Å². The van der Waals surface area contributed by atoms with Gasteiger partial charge < -0.3 is 10.2 Å². The standard InChI is InChI=1S/C24H26FN3O/c1-15-10-22-21(16(2)13-24(3,4)28(22)5)12-17(15)11-18(14-26)23(29)27-20-8-6-19(25)7-9-20/h6-12,16H,13H2,1-5H3,(H,27,29)/b18-11-/t16-/m0/s1. The zero-order valence-electron chi connectivity index (χ0n) is 17.5. The summed E-state index contributed by atoms with van der Waals surface area (Å²) < 4.78 is 13.0. The molecule has 1 N–H and O–H groups in total. The van der Waals surface area contributed by atoms with Crippen molar-refractivity contribution in [3.05, 3.63) is 64.5 Å². The van der Waals surface area contributed by atoms with Gasteiger partial charge in [0.2, 0.25) is 0 Å². The lowest BCUT2D eigenvalue weighted by Gasteiger charge is -2.45. The van der Waals surface area contributed by atoms with E-state index < -0.39 is 5.91 Å². The van der Waals surface area contributed by atoms with E-state index in [1.165, 1.54) is 35.5 Å². The van der Waals surface area contributed by atoms with E-state index in [1.807, 2.05) is 13.0 Å². The first kappa shape index (κ1) is 20.6. The van der Waals surface area contributed by atoms with Crippen LogP contribution in [-0.4, -0.2) is 18.5 Å². The largest absolute Gasteiger partial charge is 0.369 e. The van der Waals surface area contributed by atoms with Crippen LogP contribution in [0.3, 0.4) is 0 Å². The van der Waals surface area contributed by atoms with Gasteiger partial charge in [0.05, 0.1) is 0 Å². The summed E-state index contributed by atoms with van der Waals surface area (Å²) in [5, 5.41) is 12.2. The lowest BCUT2D eigenvalue weighted by Crippen LogP contribution is -2.45. The minimum atomic E-state index is -0.512. The molecular weight excluding hydrogens is 365 g/mol. The molecule has 0 bridgehead atoms. The topological polar surface area (TPSA) is 56.1 Å². The van der Waals surface area contributed by atoms with Crippen molar-refractivity contribution in [2.45, 2.75) is 45.6 Å².